The van der Waals surface area contributed by atoms with Crippen LogP contribution in [0.1, 0.15) is 49.9 Å². The molecule has 0 aliphatic rings. The monoisotopic (exact) mass is 470 g/mol. The second-order valence-corrected chi connectivity index (χ2v) is 10.3. The Balaban J connectivity index is 1.39. The third-order valence-electron chi connectivity index (χ3n) is 6.51. The van der Waals surface area contributed by atoms with Gasteiger partial charge in [-0.05, 0) is 46.5 Å². The van der Waals surface area contributed by atoms with Gasteiger partial charge in [-0.15, -0.1) is 0 Å². The van der Waals surface area contributed by atoms with Crippen LogP contribution < -0.4 is 9.05 Å². The number of benzene rings is 4. The van der Waals surface area contributed by atoms with Crippen LogP contribution in [0.2, 0.25) is 0 Å². The summed E-state index contributed by atoms with van der Waals surface area (Å²) in [7, 11) is -2.10. The van der Waals surface area contributed by atoms with E-state index in [-0.39, 0.29) is 10.8 Å². The van der Waals surface area contributed by atoms with Crippen LogP contribution in [-0.2, 0) is 10.8 Å². The van der Waals surface area contributed by atoms with Crippen LogP contribution >= 0.6 is 8.60 Å². The van der Waals surface area contributed by atoms with Gasteiger partial charge in [0, 0.05) is 10.8 Å². The van der Waals surface area contributed by atoms with Crippen LogP contribution in [-0.4, -0.2) is 4.89 Å². The lowest BCUT2D eigenvalue weighted by atomic mass is 9.78. The zero-order chi connectivity index (χ0) is 24.2. The van der Waals surface area contributed by atoms with E-state index in [0.29, 0.717) is 11.5 Å². The summed E-state index contributed by atoms with van der Waals surface area (Å²) in [5, 5.41) is 0. The smallest absolute Gasteiger partial charge is 0.418 e. The maximum atomic E-state index is 10.4. The average molecular weight is 471 g/mol. The van der Waals surface area contributed by atoms with Crippen LogP contribution in [0.5, 0.6) is 11.5 Å². The fourth-order valence-corrected chi connectivity index (χ4v) is 4.75. The van der Waals surface area contributed by atoms with E-state index in [2.05, 4.69) is 76.2 Å². The van der Waals surface area contributed by atoms with Crippen molar-refractivity contribution in [3.05, 3.63) is 131 Å². The molecule has 4 aromatic carbocycles. The summed E-state index contributed by atoms with van der Waals surface area (Å²) in [6.07, 6.45) is 0. The highest BCUT2D eigenvalue weighted by Gasteiger charge is 2.24. The molecule has 0 saturated heterocycles. The van der Waals surface area contributed by atoms with E-state index in [0.717, 1.165) is 0 Å². The molecule has 0 bridgehead atoms. The van der Waals surface area contributed by atoms with E-state index in [4.69, 9.17) is 9.05 Å². The van der Waals surface area contributed by atoms with Crippen molar-refractivity contribution in [2.45, 2.75) is 38.5 Å². The molecule has 4 heteroatoms. The second kappa shape index (κ2) is 10.0. The molecule has 0 aliphatic heterocycles. The van der Waals surface area contributed by atoms with Crippen molar-refractivity contribution < 1.29 is 13.9 Å². The molecule has 0 aliphatic carbocycles. The van der Waals surface area contributed by atoms with Crippen molar-refractivity contribution in [1.29, 1.82) is 0 Å². The molecule has 0 heterocycles. The first-order valence-corrected chi connectivity index (χ1v) is 12.6. The Bertz CT molecular complexity index is 1090. The molecule has 174 valence electrons. The summed E-state index contributed by atoms with van der Waals surface area (Å²) >= 11 is 0. The molecule has 0 aromatic heterocycles. The van der Waals surface area contributed by atoms with Gasteiger partial charge in [0.1, 0.15) is 11.5 Å². The topological polar surface area (TPSA) is 38.7 Å². The lowest BCUT2D eigenvalue weighted by Gasteiger charge is -2.26. The summed E-state index contributed by atoms with van der Waals surface area (Å²) in [6, 6.07) is 36.5. The molecule has 0 amide bonds. The normalized spacial score (nSPS) is 11.9. The van der Waals surface area contributed by atoms with E-state index < -0.39 is 8.60 Å². The van der Waals surface area contributed by atoms with Gasteiger partial charge in [-0.25, -0.2) is 0 Å². The third-order valence-corrected chi connectivity index (χ3v) is 7.24. The lowest BCUT2D eigenvalue weighted by Crippen LogP contribution is -2.18. The van der Waals surface area contributed by atoms with Crippen LogP contribution in [0.3, 0.4) is 0 Å². The average Bonchev–Trinajstić information content (AvgIpc) is 2.86. The molecular formula is C30H31O3P. The summed E-state index contributed by atoms with van der Waals surface area (Å²) < 4.78 is 11.3. The Labute approximate surface area is 204 Å². The standard InChI is InChI=1S/C30H31O3P/c1-29(2,23-11-7-5-8-12-23)25-15-19-27(20-16-25)32-34(31)33-28-21-17-26(18-22-28)30(3,4)24-13-9-6-10-14-24/h5-22,31H,1-4H3. The van der Waals surface area contributed by atoms with Crippen LogP contribution in [0.25, 0.3) is 0 Å². The number of rotatable bonds is 8. The van der Waals surface area contributed by atoms with Crippen molar-refractivity contribution in [2.75, 3.05) is 0 Å². The van der Waals surface area contributed by atoms with Gasteiger partial charge in [-0.1, -0.05) is 113 Å². The molecule has 0 saturated carbocycles. The van der Waals surface area contributed by atoms with Crippen LogP contribution in [0.4, 0.5) is 0 Å². The number of hydrogen-bond acceptors (Lipinski definition) is 3. The van der Waals surface area contributed by atoms with Gasteiger partial charge in [0.2, 0.25) is 0 Å². The molecule has 0 unspecified atom stereocenters. The Hall–Kier alpha value is -3.13. The maximum Gasteiger partial charge on any atom is 0.460 e. The van der Waals surface area contributed by atoms with E-state index in [1.165, 1.54) is 22.3 Å². The maximum absolute atomic E-state index is 10.4. The zero-order valence-electron chi connectivity index (χ0n) is 20.1. The highest BCUT2D eigenvalue weighted by Crippen LogP contribution is 2.39. The van der Waals surface area contributed by atoms with Crippen molar-refractivity contribution in [3.63, 3.8) is 0 Å². The molecule has 4 rings (SSSR count). The van der Waals surface area contributed by atoms with Crippen molar-refractivity contribution in [1.82, 2.24) is 0 Å². The summed E-state index contributed by atoms with van der Waals surface area (Å²) in [6.45, 7) is 8.79. The van der Waals surface area contributed by atoms with E-state index in [1.807, 2.05) is 60.7 Å². The summed E-state index contributed by atoms with van der Waals surface area (Å²) in [4.78, 5) is 10.4. The molecule has 1 N–H and O–H groups in total. The van der Waals surface area contributed by atoms with Gasteiger partial charge in [0.15, 0.2) is 0 Å². The Morgan fingerprint density at radius 3 is 1.09 bits per heavy atom. The van der Waals surface area contributed by atoms with Gasteiger partial charge in [-0.3, -0.25) is 0 Å². The minimum absolute atomic E-state index is 0.129. The fourth-order valence-electron chi connectivity index (χ4n) is 4.11. The van der Waals surface area contributed by atoms with Crippen molar-refractivity contribution in [3.8, 4) is 11.5 Å². The highest BCUT2D eigenvalue weighted by atomic mass is 31.2. The highest BCUT2D eigenvalue weighted by molar-refractivity contribution is 7.41. The zero-order valence-corrected chi connectivity index (χ0v) is 21.0. The van der Waals surface area contributed by atoms with Crippen molar-refractivity contribution >= 4 is 8.60 Å². The Morgan fingerprint density at radius 1 is 0.471 bits per heavy atom. The van der Waals surface area contributed by atoms with E-state index in [1.54, 1.807) is 0 Å². The first-order valence-electron chi connectivity index (χ1n) is 11.4. The van der Waals surface area contributed by atoms with E-state index >= 15 is 0 Å². The Kier molecular flexibility index (Phi) is 7.07. The minimum Gasteiger partial charge on any atom is -0.418 e. The van der Waals surface area contributed by atoms with Crippen LogP contribution in [0.15, 0.2) is 109 Å². The van der Waals surface area contributed by atoms with Crippen molar-refractivity contribution in [2.24, 2.45) is 0 Å². The second-order valence-electron chi connectivity index (χ2n) is 9.45. The molecule has 3 nitrogen and oxygen atoms in total. The fraction of sp³-hybridized carbons (Fsp3) is 0.200. The Morgan fingerprint density at radius 2 is 0.765 bits per heavy atom. The first kappa shape index (κ1) is 24.0. The number of hydrogen-bond donors (Lipinski definition) is 1. The first-order chi connectivity index (χ1) is 16.3. The van der Waals surface area contributed by atoms with Gasteiger partial charge in [0.05, 0.1) is 0 Å². The largest absolute Gasteiger partial charge is 0.460 e. The molecule has 34 heavy (non-hydrogen) atoms. The molecule has 4 aromatic rings. The van der Waals surface area contributed by atoms with E-state index in [9.17, 15) is 4.89 Å². The molecule has 0 radical (unpaired) electrons. The van der Waals surface area contributed by atoms with Gasteiger partial charge < -0.3 is 13.9 Å². The lowest BCUT2D eigenvalue weighted by molar-refractivity contribution is 0.381. The predicted molar refractivity (Wildman–Crippen MR) is 140 cm³/mol. The molecule has 0 fully saturated rings. The molecular weight excluding hydrogens is 439 g/mol. The summed E-state index contributed by atoms with van der Waals surface area (Å²) in [5.41, 5.74) is 4.58. The van der Waals surface area contributed by atoms with Gasteiger partial charge >= 0.3 is 8.60 Å². The molecule has 0 atom stereocenters. The quantitative estimate of drug-likeness (QED) is 0.265. The van der Waals surface area contributed by atoms with Gasteiger partial charge in [-0.2, -0.15) is 0 Å². The van der Waals surface area contributed by atoms with Crippen LogP contribution in [0, 0.1) is 0 Å². The molecule has 0 spiro atoms. The SMILES string of the molecule is CC(C)(c1ccccc1)c1ccc(OP(O)Oc2ccc(C(C)(C)c3ccccc3)cc2)cc1. The predicted octanol–water partition coefficient (Wildman–Crippen LogP) is 8.02. The van der Waals surface area contributed by atoms with Gasteiger partial charge in [0.25, 0.3) is 0 Å². The summed E-state index contributed by atoms with van der Waals surface area (Å²) in [5.74, 6) is 1.14. The minimum atomic E-state index is -2.10. The third kappa shape index (κ3) is 5.33.